The van der Waals surface area contributed by atoms with E-state index in [4.69, 9.17) is 5.84 Å². The maximum atomic E-state index is 5.49. The quantitative estimate of drug-likeness (QED) is 0.361. The third-order valence-corrected chi connectivity index (χ3v) is 3.11. The molecule has 3 N–H and O–H groups in total. The fourth-order valence-electron chi connectivity index (χ4n) is 1.35. The maximum absolute atomic E-state index is 5.49. The molecule has 0 radical (unpaired) electrons. The van der Waals surface area contributed by atoms with E-state index in [-0.39, 0.29) is 0 Å². The van der Waals surface area contributed by atoms with Crippen molar-refractivity contribution in [2.45, 2.75) is 6.92 Å². The standard InChI is InChI=1S/C12H13N3S/c1-9-7-8-11(16-9)12(15-13)14-10-5-3-2-4-6-10/h2-8H,13H2,1H3,(H,14,15). The van der Waals surface area contributed by atoms with Crippen LogP contribution < -0.4 is 11.3 Å². The smallest absolute Gasteiger partial charge is 0.158 e. The molecule has 1 aromatic carbocycles. The molecule has 0 amide bonds. The SMILES string of the molecule is Cc1ccc(C(=Nc2ccccc2)NN)s1. The summed E-state index contributed by atoms with van der Waals surface area (Å²) in [6.07, 6.45) is 0. The van der Waals surface area contributed by atoms with Gasteiger partial charge in [0, 0.05) is 4.88 Å². The lowest BCUT2D eigenvalue weighted by molar-refractivity contribution is 1.03. The summed E-state index contributed by atoms with van der Waals surface area (Å²) in [5.41, 5.74) is 3.53. The number of aliphatic imine (C=N–C) groups is 1. The second-order valence-corrected chi connectivity index (χ2v) is 4.64. The highest BCUT2D eigenvalue weighted by Crippen LogP contribution is 2.18. The van der Waals surface area contributed by atoms with Crippen LogP contribution in [-0.4, -0.2) is 5.84 Å². The van der Waals surface area contributed by atoms with E-state index in [2.05, 4.69) is 23.4 Å². The van der Waals surface area contributed by atoms with Crippen LogP contribution in [0.2, 0.25) is 0 Å². The van der Waals surface area contributed by atoms with Gasteiger partial charge in [-0.25, -0.2) is 10.8 Å². The summed E-state index contributed by atoms with van der Waals surface area (Å²) in [5.74, 6) is 6.19. The van der Waals surface area contributed by atoms with Gasteiger partial charge in [-0.05, 0) is 31.2 Å². The number of hydrogen-bond acceptors (Lipinski definition) is 3. The Labute approximate surface area is 98.6 Å². The Balaban J connectivity index is 2.33. The van der Waals surface area contributed by atoms with Crippen LogP contribution in [0.25, 0.3) is 0 Å². The Bertz CT molecular complexity index is 488. The van der Waals surface area contributed by atoms with Crippen molar-refractivity contribution in [3.05, 3.63) is 52.2 Å². The highest BCUT2D eigenvalue weighted by molar-refractivity contribution is 7.14. The number of hydrazine groups is 1. The summed E-state index contributed by atoms with van der Waals surface area (Å²) in [4.78, 5) is 6.74. The van der Waals surface area contributed by atoms with Crippen LogP contribution in [0.5, 0.6) is 0 Å². The minimum Gasteiger partial charge on any atom is -0.307 e. The molecule has 0 fully saturated rings. The van der Waals surface area contributed by atoms with Crippen molar-refractivity contribution in [1.29, 1.82) is 0 Å². The molecule has 2 rings (SSSR count). The zero-order valence-corrected chi connectivity index (χ0v) is 9.79. The molecule has 0 bridgehead atoms. The third-order valence-electron chi connectivity index (χ3n) is 2.11. The summed E-state index contributed by atoms with van der Waals surface area (Å²) >= 11 is 1.67. The van der Waals surface area contributed by atoms with Crippen LogP contribution in [0.3, 0.4) is 0 Å². The second kappa shape index (κ2) is 4.92. The van der Waals surface area contributed by atoms with Crippen molar-refractivity contribution >= 4 is 22.9 Å². The van der Waals surface area contributed by atoms with Crippen LogP contribution in [0.15, 0.2) is 47.5 Å². The number of para-hydroxylation sites is 1. The molecule has 0 aliphatic heterocycles. The molecule has 1 heterocycles. The number of benzene rings is 1. The number of rotatable bonds is 2. The zero-order chi connectivity index (χ0) is 11.4. The van der Waals surface area contributed by atoms with Crippen molar-refractivity contribution in [3.63, 3.8) is 0 Å². The van der Waals surface area contributed by atoms with Gasteiger partial charge in [0.1, 0.15) is 0 Å². The molecule has 0 unspecified atom stereocenters. The average molecular weight is 231 g/mol. The minimum atomic E-state index is 0.698. The first-order valence-electron chi connectivity index (χ1n) is 4.97. The van der Waals surface area contributed by atoms with Crippen LogP contribution in [-0.2, 0) is 0 Å². The molecule has 0 saturated heterocycles. The van der Waals surface area contributed by atoms with E-state index in [1.54, 1.807) is 11.3 Å². The van der Waals surface area contributed by atoms with Gasteiger partial charge in [0.2, 0.25) is 0 Å². The van der Waals surface area contributed by atoms with E-state index in [0.29, 0.717) is 5.84 Å². The Kier molecular flexibility index (Phi) is 3.34. The Morgan fingerprint density at radius 3 is 2.50 bits per heavy atom. The van der Waals surface area contributed by atoms with Gasteiger partial charge in [-0.1, -0.05) is 18.2 Å². The molecule has 16 heavy (non-hydrogen) atoms. The first kappa shape index (κ1) is 10.9. The van der Waals surface area contributed by atoms with Gasteiger partial charge in [0.25, 0.3) is 0 Å². The number of amidine groups is 1. The van der Waals surface area contributed by atoms with Crippen molar-refractivity contribution in [1.82, 2.24) is 5.43 Å². The first-order valence-corrected chi connectivity index (χ1v) is 5.78. The van der Waals surface area contributed by atoms with E-state index >= 15 is 0 Å². The molecule has 0 spiro atoms. The van der Waals surface area contributed by atoms with Crippen LogP contribution in [0, 0.1) is 6.92 Å². The Hall–Kier alpha value is -1.65. The molecule has 1 aromatic heterocycles. The van der Waals surface area contributed by atoms with Gasteiger partial charge in [0.15, 0.2) is 5.84 Å². The van der Waals surface area contributed by atoms with Gasteiger partial charge >= 0.3 is 0 Å². The lowest BCUT2D eigenvalue weighted by atomic mass is 10.3. The number of nitrogens with one attached hydrogen (secondary N) is 1. The Morgan fingerprint density at radius 2 is 1.94 bits per heavy atom. The topological polar surface area (TPSA) is 50.4 Å². The zero-order valence-electron chi connectivity index (χ0n) is 8.97. The van der Waals surface area contributed by atoms with Gasteiger partial charge in [0.05, 0.1) is 10.6 Å². The summed E-state index contributed by atoms with van der Waals surface area (Å²) in [5, 5.41) is 0. The van der Waals surface area contributed by atoms with Gasteiger partial charge in [-0.2, -0.15) is 0 Å². The predicted molar refractivity (Wildman–Crippen MR) is 69.0 cm³/mol. The average Bonchev–Trinajstić information content (AvgIpc) is 2.74. The highest BCUT2D eigenvalue weighted by Gasteiger charge is 2.04. The maximum Gasteiger partial charge on any atom is 0.158 e. The normalized spacial score (nSPS) is 11.5. The summed E-state index contributed by atoms with van der Waals surface area (Å²) < 4.78 is 0. The molecule has 0 atom stereocenters. The Morgan fingerprint density at radius 1 is 1.19 bits per heavy atom. The van der Waals surface area contributed by atoms with Crippen molar-refractivity contribution in [3.8, 4) is 0 Å². The van der Waals surface area contributed by atoms with E-state index in [0.717, 1.165) is 10.6 Å². The second-order valence-electron chi connectivity index (χ2n) is 3.35. The number of thiophene rings is 1. The van der Waals surface area contributed by atoms with Gasteiger partial charge in [-0.3, -0.25) is 0 Å². The van der Waals surface area contributed by atoms with Crippen molar-refractivity contribution < 1.29 is 0 Å². The monoisotopic (exact) mass is 231 g/mol. The lowest BCUT2D eigenvalue weighted by Crippen LogP contribution is -2.30. The fourth-order valence-corrected chi connectivity index (χ4v) is 2.17. The third kappa shape index (κ3) is 2.48. The summed E-state index contributed by atoms with van der Waals surface area (Å²) in [6, 6.07) is 13.8. The molecule has 4 heteroatoms. The fraction of sp³-hybridized carbons (Fsp3) is 0.0833. The van der Waals surface area contributed by atoms with E-state index < -0.39 is 0 Å². The first-order chi connectivity index (χ1) is 7.79. The largest absolute Gasteiger partial charge is 0.307 e. The van der Waals surface area contributed by atoms with Crippen molar-refractivity contribution in [2.75, 3.05) is 0 Å². The van der Waals surface area contributed by atoms with E-state index in [9.17, 15) is 0 Å². The molecular weight excluding hydrogens is 218 g/mol. The van der Waals surface area contributed by atoms with Gasteiger partial charge < -0.3 is 5.43 Å². The molecule has 0 aliphatic rings. The number of nitrogens with zero attached hydrogens (tertiary/aromatic N) is 1. The molecular formula is C12H13N3S. The summed E-state index contributed by atoms with van der Waals surface area (Å²) in [6.45, 7) is 2.06. The molecule has 0 saturated carbocycles. The lowest BCUT2D eigenvalue weighted by Gasteiger charge is -2.02. The molecule has 0 aliphatic carbocycles. The summed E-state index contributed by atoms with van der Waals surface area (Å²) in [7, 11) is 0. The highest BCUT2D eigenvalue weighted by atomic mass is 32.1. The van der Waals surface area contributed by atoms with Gasteiger partial charge in [-0.15, -0.1) is 11.3 Å². The number of nitrogens with two attached hydrogens (primary N) is 1. The van der Waals surface area contributed by atoms with E-state index in [1.165, 1.54) is 4.88 Å². The predicted octanol–water partition coefficient (Wildman–Crippen LogP) is 2.60. The van der Waals surface area contributed by atoms with Crippen LogP contribution in [0.4, 0.5) is 5.69 Å². The minimum absolute atomic E-state index is 0.698. The molecule has 82 valence electrons. The van der Waals surface area contributed by atoms with Crippen LogP contribution >= 0.6 is 11.3 Å². The van der Waals surface area contributed by atoms with Crippen molar-refractivity contribution in [2.24, 2.45) is 10.8 Å². The molecule has 2 aromatic rings. The number of hydrogen-bond donors (Lipinski definition) is 2. The van der Waals surface area contributed by atoms with Crippen LogP contribution in [0.1, 0.15) is 9.75 Å². The molecule has 3 nitrogen and oxygen atoms in total. The number of aryl methyl sites for hydroxylation is 1. The van der Waals surface area contributed by atoms with E-state index in [1.807, 2.05) is 36.4 Å².